The Labute approximate surface area is 219 Å². The summed E-state index contributed by atoms with van der Waals surface area (Å²) in [4.78, 5) is 14.5. The van der Waals surface area contributed by atoms with Crippen LogP contribution in [0.3, 0.4) is 0 Å². The molecule has 2 aromatic carbocycles. The fourth-order valence-corrected chi connectivity index (χ4v) is 6.44. The maximum atomic E-state index is 13.4. The summed E-state index contributed by atoms with van der Waals surface area (Å²) >= 11 is 5.95. The van der Waals surface area contributed by atoms with Crippen LogP contribution in [-0.2, 0) is 25.7 Å². The smallest absolute Gasteiger partial charge is 0.416 e. The van der Waals surface area contributed by atoms with Gasteiger partial charge >= 0.3 is 6.18 Å². The van der Waals surface area contributed by atoms with Crippen LogP contribution in [0.25, 0.3) is 0 Å². The van der Waals surface area contributed by atoms with E-state index >= 15 is 0 Å². The van der Waals surface area contributed by atoms with Crippen molar-refractivity contribution in [3.63, 3.8) is 0 Å². The first-order valence-corrected chi connectivity index (χ1v) is 13.7. The van der Waals surface area contributed by atoms with Crippen molar-refractivity contribution >= 4 is 27.5 Å². The number of morpholine rings is 1. The molecule has 1 amide bonds. The van der Waals surface area contributed by atoms with Gasteiger partial charge in [-0.15, -0.1) is 0 Å². The Morgan fingerprint density at radius 3 is 2.46 bits per heavy atom. The van der Waals surface area contributed by atoms with Crippen LogP contribution in [-0.4, -0.2) is 69.5 Å². The standard InChI is InChI=1S/C25H28ClF3N2O5S/c26-20-5-7-21(8-6-20)36-18-24(16-23(32)30-11-13-35-14-12-30)9-2-10-31(17-24)37(33,34)22-4-1-3-19(15-22)25(27,28)29/h1,3-8,15H,2,9-14,16-18H2. The Morgan fingerprint density at radius 2 is 1.78 bits per heavy atom. The second kappa shape index (κ2) is 11.2. The zero-order valence-electron chi connectivity index (χ0n) is 20.0. The van der Waals surface area contributed by atoms with Crippen molar-refractivity contribution in [2.24, 2.45) is 5.41 Å². The summed E-state index contributed by atoms with van der Waals surface area (Å²) in [5.74, 6) is 0.377. The summed E-state index contributed by atoms with van der Waals surface area (Å²) < 4.78 is 79.1. The lowest BCUT2D eigenvalue weighted by atomic mass is 9.78. The van der Waals surface area contributed by atoms with Gasteiger partial charge in [0.15, 0.2) is 0 Å². The average Bonchev–Trinajstić information content (AvgIpc) is 2.88. The Morgan fingerprint density at radius 1 is 1.08 bits per heavy atom. The number of alkyl halides is 3. The quantitative estimate of drug-likeness (QED) is 0.500. The van der Waals surface area contributed by atoms with E-state index in [9.17, 15) is 26.4 Å². The van der Waals surface area contributed by atoms with Gasteiger partial charge in [-0.2, -0.15) is 17.5 Å². The second-order valence-corrected chi connectivity index (χ2v) is 11.8. The maximum Gasteiger partial charge on any atom is 0.416 e. The molecule has 2 saturated heterocycles. The third kappa shape index (κ3) is 6.76. The molecular weight excluding hydrogens is 533 g/mol. The first-order chi connectivity index (χ1) is 17.5. The molecule has 37 heavy (non-hydrogen) atoms. The number of hydrogen-bond donors (Lipinski definition) is 0. The van der Waals surface area contributed by atoms with E-state index in [1.54, 1.807) is 29.2 Å². The topological polar surface area (TPSA) is 76.2 Å². The third-order valence-electron chi connectivity index (χ3n) is 6.67. The zero-order valence-corrected chi connectivity index (χ0v) is 21.6. The molecular formula is C25H28ClF3N2O5S. The van der Waals surface area contributed by atoms with Crippen LogP contribution in [0.5, 0.6) is 5.75 Å². The number of halogens is 4. The van der Waals surface area contributed by atoms with Crippen molar-refractivity contribution in [3.05, 3.63) is 59.1 Å². The largest absolute Gasteiger partial charge is 0.493 e. The summed E-state index contributed by atoms with van der Waals surface area (Å²) in [5, 5.41) is 0.528. The van der Waals surface area contributed by atoms with E-state index in [1.165, 1.54) is 4.31 Å². The molecule has 2 fully saturated rings. The number of hydrogen-bond acceptors (Lipinski definition) is 5. The second-order valence-electron chi connectivity index (χ2n) is 9.38. The maximum absolute atomic E-state index is 13.4. The fraction of sp³-hybridized carbons (Fsp3) is 0.480. The van der Waals surface area contributed by atoms with Crippen molar-refractivity contribution in [1.82, 2.24) is 9.21 Å². The van der Waals surface area contributed by atoms with Gasteiger partial charge in [0.25, 0.3) is 0 Å². The Hall–Kier alpha value is -2.34. The van der Waals surface area contributed by atoms with Crippen molar-refractivity contribution in [1.29, 1.82) is 0 Å². The highest BCUT2D eigenvalue weighted by Gasteiger charge is 2.43. The van der Waals surface area contributed by atoms with Gasteiger partial charge in [-0.1, -0.05) is 17.7 Å². The number of piperidine rings is 1. The van der Waals surface area contributed by atoms with E-state index in [2.05, 4.69) is 0 Å². The van der Waals surface area contributed by atoms with Gasteiger partial charge < -0.3 is 14.4 Å². The molecule has 2 heterocycles. The van der Waals surface area contributed by atoms with Crippen LogP contribution in [0.15, 0.2) is 53.4 Å². The summed E-state index contributed by atoms with van der Waals surface area (Å²) in [5.41, 5.74) is -1.91. The van der Waals surface area contributed by atoms with Gasteiger partial charge in [0.1, 0.15) is 5.75 Å². The average molecular weight is 561 g/mol. The monoisotopic (exact) mass is 560 g/mol. The van der Waals surface area contributed by atoms with E-state index < -0.39 is 32.1 Å². The van der Waals surface area contributed by atoms with Gasteiger partial charge in [0, 0.05) is 43.0 Å². The molecule has 7 nitrogen and oxygen atoms in total. The van der Waals surface area contributed by atoms with Gasteiger partial charge in [0.2, 0.25) is 15.9 Å². The summed E-state index contributed by atoms with van der Waals surface area (Å²) in [6.07, 6.45) is -3.69. The molecule has 0 radical (unpaired) electrons. The number of amides is 1. The van der Waals surface area contributed by atoms with Crippen molar-refractivity contribution in [3.8, 4) is 5.75 Å². The first-order valence-electron chi connectivity index (χ1n) is 11.9. The SMILES string of the molecule is O=C(CC1(COc2ccc(Cl)cc2)CCCN(S(=O)(=O)c2cccc(C(F)(F)F)c2)C1)N1CCOCC1. The van der Waals surface area contributed by atoms with Crippen molar-refractivity contribution in [2.75, 3.05) is 46.0 Å². The van der Waals surface area contributed by atoms with E-state index in [4.69, 9.17) is 21.1 Å². The predicted molar refractivity (Wildman–Crippen MR) is 131 cm³/mol. The van der Waals surface area contributed by atoms with E-state index in [1.807, 2.05) is 0 Å². The van der Waals surface area contributed by atoms with Crippen LogP contribution in [0.1, 0.15) is 24.8 Å². The molecule has 0 spiro atoms. The van der Waals surface area contributed by atoms with E-state index in [0.717, 1.165) is 18.2 Å². The van der Waals surface area contributed by atoms with Crippen LogP contribution in [0.2, 0.25) is 5.02 Å². The van der Waals surface area contributed by atoms with Gasteiger partial charge in [-0.25, -0.2) is 8.42 Å². The zero-order chi connectivity index (χ0) is 26.7. The first kappa shape index (κ1) is 27.7. The Balaban J connectivity index is 1.60. The highest BCUT2D eigenvalue weighted by Crippen LogP contribution is 2.38. The van der Waals surface area contributed by atoms with Crippen LogP contribution in [0.4, 0.5) is 13.2 Å². The van der Waals surface area contributed by atoms with Crippen LogP contribution in [0, 0.1) is 5.41 Å². The summed E-state index contributed by atoms with van der Waals surface area (Å²) in [6, 6.07) is 10.4. The molecule has 0 N–H and O–H groups in total. The van der Waals surface area contributed by atoms with Gasteiger partial charge in [0.05, 0.1) is 30.3 Å². The lowest BCUT2D eigenvalue weighted by Gasteiger charge is -2.42. The van der Waals surface area contributed by atoms with Gasteiger partial charge in [-0.3, -0.25) is 4.79 Å². The summed E-state index contributed by atoms with van der Waals surface area (Å²) in [7, 11) is -4.25. The minimum absolute atomic E-state index is 0.0369. The van der Waals surface area contributed by atoms with E-state index in [-0.39, 0.29) is 32.0 Å². The van der Waals surface area contributed by atoms with Gasteiger partial charge in [-0.05, 0) is 55.3 Å². The molecule has 0 bridgehead atoms. The van der Waals surface area contributed by atoms with Crippen LogP contribution >= 0.6 is 11.6 Å². The molecule has 2 aliphatic heterocycles. The fourth-order valence-electron chi connectivity index (χ4n) is 4.68. The number of carbonyl (C=O) groups is 1. The molecule has 1 unspecified atom stereocenters. The number of carbonyl (C=O) groups excluding carboxylic acids is 1. The predicted octanol–water partition coefficient (Wildman–Crippen LogP) is 4.46. The molecule has 4 rings (SSSR count). The Bertz CT molecular complexity index is 1200. The molecule has 1 atom stereocenters. The number of rotatable bonds is 7. The lowest BCUT2D eigenvalue weighted by molar-refractivity contribution is -0.139. The molecule has 2 aliphatic rings. The normalized spacial score (nSPS) is 21.6. The number of ether oxygens (including phenoxy) is 2. The van der Waals surface area contributed by atoms with Crippen molar-refractivity contribution in [2.45, 2.75) is 30.3 Å². The summed E-state index contributed by atoms with van der Waals surface area (Å²) in [6.45, 7) is 1.87. The molecule has 202 valence electrons. The van der Waals surface area contributed by atoms with Crippen LogP contribution < -0.4 is 4.74 Å². The number of sulfonamides is 1. The molecule has 2 aromatic rings. The molecule has 0 aromatic heterocycles. The molecule has 0 aliphatic carbocycles. The third-order valence-corrected chi connectivity index (χ3v) is 8.77. The highest BCUT2D eigenvalue weighted by molar-refractivity contribution is 7.89. The highest BCUT2D eigenvalue weighted by atomic mass is 35.5. The minimum atomic E-state index is -4.67. The number of benzene rings is 2. The Kier molecular flexibility index (Phi) is 8.37. The lowest BCUT2D eigenvalue weighted by Crippen LogP contribution is -2.51. The minimum Gasteiger partial charge on any atom is -0.493 e. The molecule has 0 saturated carbocycles. The van der Waals surface area contributed by atoms with Crippen molar-refractivity contribution < 1.29 is 35.9 Å². The van der Waals surface area contributed by atoms with E-state index in [0.29, 0.717) is 56.0 Å². The molecule has 12 heteroatoms. The number of nitrogens with zero attached hydrogens (tertiary/aromatic N) is 2.